The van der Waals surface area contributed by atoms with Crippen molar-refractivity contribution in [2.45, 2.75) is 12.3 Å². The Morgan fingerprint density at radius 3 is 2.92 bits per heavy atom. The summed E-state index contributed by atoms with van der Waals surface area (Å²) in [4.78, 5) is 4.62. The molecule has 1 aliphatic heterocycles. The molecule has 1 aromatic carbocycles. The summed E-state index contributed by atoms with van der Waals surface area (Å²) in [5.41, 5.74) is 2.35. The van der Waals surface area contributed by atoms with E-state index in [4.69, 9.17) is 27.9 Å². The van der Waals surface area contributed by atoms with Crippen molar-refractivity contribution >= 4 is 28.8 Å². The van der Waals surface area contributed by atoms with E-state index in [1.165, 1.54) is 0 Å². The molecule has 1 atom stereocenters. The first-order chi connectivity index (χ1) is 11.5. The Kier molecular flexibility index (Phi) is 3.87. The lowest BCUT2D eigenvalue weighted by molar-refractivity contribution is 0.193. The Bertz CT molecular complexity index is 910. The lowest BCUT2D eigenvalue weighted by Gasteiger charge is -2.10. The van der Waals surface area contributed by atoms with E-state index in [1.807, 2.05) is 10.6 Å². The van der Waals surface area contributed by atoms with Gasteiger partial charge in [-0.15, -0.1) is 0 Å². The second kappa shape index (κ2) is 5.92. The van der Waals surface area contributed by atoms with E-state index < -0.39 is 11.6 Å². The molecule has 0 amide bonds. The Balaban J connectivity index is 1.84. The minimum atomic E-state index is -0.814. The van der Waals surface area contributed by atoms with Gasteiger partial charge in [-0.05, 0) is 30.2 Å². The Morgan fingerprint density at radius 2 is 2.17 bits per heavy atom. The third kappa shape index (κ3) is 2.53. The number of rotatable bonds is 2. The highest BCUT2D eigenvalue weighted by molar-refractivity contribution is 6.44. The molecule has 0 spiro atoms. The second-order valence-corrected chi connectivity index (χ2v) is 6.57. The van der Waals surface area contributed by atoms with Crippen LogP contribution in [0.1, 0.15) is 18.0 Å². The lowest BCUT2D eigenvalue weighted by Crippen LogP contribution is -1.96. The van der Waals surface area contributed by atoms with Crippen LogP contribution in [-0.2, 0) is 4.74 Å². The van der Waals surface area contributed by atoms with Gasteiger partial charge in [-0.25, -0.2) is 9.37 Å². The average molecular weight is 367 g/mol. The first kappa shape index (κ1) is 15.7. The van der Waals surface area contributed by atoms with Gasteiger partial charge >= 0.3 is 0 Å². The molecule has 3 aromatic rings. The molecule has 24 heavy (non-hydrogen) atoms. The molecule has 0 saturated carbocycles. The molecule has 1 N–H and O–H groups in total. The zero-order valence-electron chi connectivity index (χ0n) is 12.5. The van der Waals surface area contributed by atoms with E-state index in [9.17, 15) is 9.50 Å². The number of fused-ring (bicyclic) bond motifs is 1. The number of benzene rings is 1. The highest BCUT2D eigenvalue weighted by Gasteiger charge is 2.22. The molecular formula is C17H13Cl2FN2O2. The fourth-order valence-corrected chi connectivity index (χ4v) is 3.41. The normalized spacial score (nSPS) is 17.7. The largest absolute Gasteiger partial charge is 0.504 e. The van der Waals surface area contributed by atoms with E-state index in [2.05, 4.69) is 4.98 Å². The summed E-state index contributed by atoms with van der Waals surface area (Å²) in [6.07, 6.45) is 4.70. The number of phenolic OH excluding ortho intramolecular Hbond substituents is 1. The monoisotopic (exact) mass is 366 g/mol. The molecule has 4 nitrogen and oxygen atoms in total. The Hall–Kier alpha value is -1.82. The predicted molar refractivity (Wildman–Crippen MR) is 90.4 cm³/mol. The second-order valence-electron chi connectivity index (χ2n) is 5.78. The van der Waals surface area contributed by atoms with Gasteiger partial charge in [0.15, 0.2) is 11.6 Å². The quantitative estimate of drug-likeness (QED) is 0.671. The molecular weight excluding hydrogens is 354 g/mol. The van der Waals surface area contributed by atoms with Gasteiger partial charge in [0.1, 0.15) is 5.65 Å². The van der Waals surface area contributed by atoms with Crippen molar-refractivity contribution in [2.24, 2.45) is 0 Å². The van der Waals surface area contributed by atoms with Crippen molar-refractivity contribution in [3.05, 3.63) is 52.1 Å². The summed E-state index contributed by atoms with van der Waals surface area (Å²) in [6, 6.07) is 4.48. The fraction of sp³-hybridized carbons (Fsp3) is 0.235. The average Bonchev–Trinajstić information content (AvgIpc) is 3.21. The maximum atomic E-state index is 13.8. The van der Waals surface area contributed by atoms with E-state index in [0.717, 1.165) is 24.8 Å². The maximum Gasteiger partial charge on any atom is 0.167 e. The highest BCUT2D eigenvalue weighted by Crippen LogP contribution is 2.42. The van der Waals surface area contributed by atoms with Gasteiger partial charge in [0, 0.05) is 30.5 Å². The Morgan fingerprint density at radius 1 is 1.33 bits per heavy atom. The first-order valence-corrected chi connectivity index (χ1v) is 8.23. The molecule has 0 radical (unpaired) electrons. The SMILES string of the molecule is Oc1c(F)cc(Cl)c(Cl)c1-c1ccn2cc(C3CCOC3)nc2c1. The minimum absolute atomic E-state index is 0.0500. The van der Waals surface area contributed by atoms with Crippen molar-refractivity contribution in [1.82, 2.24) is 9.38 Å². The van der Waals surface area contributed by atoms with E-state index in [-0.39, 0.29) is 21.5 Å². The topological polar surface area (TPSA) is 46.8 Å². The van der Waals surface area contributed by atoms with Gasteiger partial charge in [0.2, 0.25) is 0 Å². The van der Waals surface area contributed by atoms with Crippen LogP contribution in [-0.4, -0.2) is 27.7 Å². The zero-order chi connectivity index (χ0) is 16.8. The van der Waals surface area contributed by atoms with Crippen LogP contribution in [0.3, 0.4) is 0 Å². The predicted octanol–water partition coefficient (Wildman–Crippen LogP) is 4.66. The van der Waals surface area contributed by atoms with Crippen LogP contribution in [0.4, 0.5) is 4.39 Å². The van der Waals surface area contributed by atoms with Gasteiger partial charge in [0.05, 0.1) is 22.3 Å². The van der Waals surface area contributed by atoms with Crippen LogP contribution in [0.25, 0.3) is 16.8 Å². The van der Waals surface area contributed by atoms with Crippen LogP contribution >= 0.6 is 23.2 Å². The van der Waals surface area contributed by atoms with Gasteiger partial charge in [-0.2, -0.15) is 0 Å². The van der Waals surface area contributed by atoms with Gasteiger partial charge in [0.25, 0.3) is 0 Å². The smallest absolute Gasteiger partial charge is 0.167 e. The number of aromatic nitrogens is 2. The zero-order valence-corrected chi connectivity index (χ0v) is 14.0. The molecule has 7 heteroatoms. The molecule has 4 rings (SSSR count). The molecule has 1 aliphatic rings. The van der Waals surface area contributed by atoms with Crippen LogP contribution in [0.5, 0.6) is 5.75 Å². The van der Waals surface area contributed by atoms with Crippen LogP contribution in [0.15, 0.2) is 30.6 Å². The summed E-state index contributed by atoms with van der Waals surface area (Å²) in [7, 11) is 0. The summed E-state index contributed by atoms with van der Waals surface area (Å²) in [5, 5.41) is 10.2. The van der Waals surface area contributed by atoms with Crippen molar-refractivity contribution in [1.29, 1.82) is 0 Å². The van der Waals surface area contributed by atoms with E-state index >= 15 is 0 Å². The molecule has 0 bridgehead atoms. The van der Waals surface area contributed by atoms with Crippen molar-refractivity contribution in [2.75, 3.05) is 13.2 Å². The number of halogens is 3. The maximum absolute atomic E-state index is 13.8. The van der Waals surface area contributed by atoms with Gasteiger partial charge in [-0.1, -0.05) is 23.2 Å². The fourth-order valence-electron chi connectivity index (χ4n) is 2.97. The van der Waals surface area contributed by atoms with Crippen molar-refractivity contribution < 1.29 is 14.2 Å². The Labute approximate surface area is 147 Å². The van der Waals surface area contributed by atoms with Crippen molar-refractivity contribution in [3.8, 4) is 16.9 Å². The summed E-state index contributed by atoms with van der Waals surface area (Å²) in [6.45, 7) is 1.41. The summed E-state index contributed by atoms with van der Waals surface area (Å²) in [5.74, 6) is -1.05. The van der Waals surface area contributed by atoms with Gasteiger partial charge < -0.3 is 14.2 Å². The number of hydrogen-bond donors (Lipinski definition) is 1. The van der Waals surface area contributed by atoms with E-state index in [1.54, 1.807) is 18.3 Å². The highest BCUT2D eigenvalue weighted by atomic mass is 35.5. The number of pyridine rings is 1. The molecule has 124 valence electrons. The number of hydrogen-bond acceptors (Lipinski definition) is 3. The van der Waals surface area contributed by atoms with Crippen LogP contribution in [0, 0.1) is 5.82 Å². The molecule has 1 fully saturated rings. The minimum Gasteiger partial charge on any atom is -0.504 e. The van der Waals surface area contributed by atoms with Crippen molar-refractivity contribution in [3.63, 3.8) is 0 Å². The first-order valence-electron chi connectivity index (χ1n) is 7.48. The number of nitrogens with zero attached hydrogens (tertiary/aromatic N) is 2. The number of imidazole rings is 1. The summed E-state index contributed by atoms with van der Waals surface area (Å²) >= 11 is 12.1. The van der Waals surface area contributed by atoms with Crippen LogP contribution in [0.2, 0.25) is 10.0 Å². The molecule has 2 aromatic heterocycles. The van der Waals surface area contributed by atoms with E-state index in [0.29, 0.717) is 17.8 Å². The molecule has 1 unspecified atom stereocenters. The molecule has 3 heterocycles. The molecule has 0 aliphatic carbocycles. The third-order valence-corrected chi connectivity index (χ3v) is 5.05. The standard InChI is InChI=1S/C17H13Cl2FN2O2/c18-11-6-12(20)17(23)15(16(11)19)9-1-3-22-7-13(21-14(22)5-9)10-2-4-24-8-10/h1,3,5-7,10,23H,2,4,8H2. The number of phenols is 1. The van der Waals surface area contributed by atoms with Crippen LogP contribution < -0.4 is 0 Å². The summed E-state index contributed by atoms with van der Waals surface area (Å²) < 4.78 is 21.1. The molecule has 1 saturated heterocycles. The number of aromatic hydroxyl groups is 1. The number of ether oxygens (including phenoxy) is 1. The third-order valence-electron chi connectivity index (χ3n) is 4.26. The van der Waals surface area contributed by atoms with Gasteiger partial charge in [-0.3, -0.25) is 0 Å². The lowest BCUT2D eigenvalue weighted by atomic mass is 10.1.